The molecule has 0 unspecified atom stereocenters. The van der Waals surface area contributed by atoms with Gasteiger partial charge in [-0.3, -0.25) is 4.79 Å². The molecule has 1 fully saturated rings. The number of carbonyl (C=O) groups excluding carboxylic acids is 1. The van der Waals surface area contributed by atoms with Crippen molar-refractivity contribution in [2.75, 3.05) is 0 Å². The summed E-state index contributed by atoms with van der Waals surface area (Å²) in [5.41, 5.74) is 0.827. The molecule has 3 rings (SSSR count). The van der Waals surface area contributed by atoms with Gasteiger partial charge < -0.3 is 4.74 Å². The normalized spacial score (nSPS) is 14.0. The molecule has 0 spiro atoms. The second kappa shape index (κ2) is 5.86. The Balaban J connectivity index is 1.76. The first kappa shape index (κ1) is 14.1. The zero-order valence-electron chi connectivity index (χ0n) is 11.3. The highest BCUT2D eigenvalue weighted by molar-refractivity contribution is 6.30. The van der Waals surface area contributed by atoms with E-state index in [1.807, 2.05) is 6.07 Å². The van der Waals surface area contributed by atoms with Crippen molar-refractivity contribution in [3.63, 3.8) is 0 Å². The molecule has 0 bridgehead atoms. The van der Waals surface area contributed by atoms with Gasteiger partial charge in [-0.1, -0.05) is 35.9 Å². The molecular weight excluding hydrogens is 291 g/mol. The van der Waals surface area contributed by atoms with Crippen LogP contribution in [0.1, 0.15) is 28.8 Å². The van der Waals surface area contributed by atoms with E-state index in [4.69, 9.17) is 16.3 Å². The SMILES string of the molecule is O=C(Cc1cccc(Cl)c1F)c1cccc(OC2CC2)c1. The molecule has 2 aromatic rings. The van der Waals surface area contributed by atoms with Crippen LogP contribution in [0.5, 0.6) is 5.75 Å². The smallest absolute Gasteiger partial charge is 0.167 e. The van der Waals surface area contributed by atoms with Gasteiger partial charge in [0.2, 0.25) is 0 Å². The summed E-state index contributed by atoms with van der Waals surface area (Å²) in [7, 11) is 0. The average molecular weight is 305 g/mol. The summed E-state index contributed by atoms with van der Waals surface area (Å²) in [6, 6.07) is 11.7. The minimum Gasteiger partial charge on any atom is -0.490 e. The van der Waals surface area contributed by atoms with Gasteiger partial charge in [-0.05, 0) is 36.6 Å². The molecule has 4 heteroatoms. The van der Waals surface area contributed by atoms with Gasteiger partial charge in [0.05, 0.1) is 11.1 Å². The van der Waals surface area contributed by atoms with Crippen LogP contribution in [0.3, 0.4) is 0 Å². The van der Waals surface area contributed by atoms with Crippen LogP contribution in [0, 0.1) is 5.82 Å². The first-order valence-corrected chi connectivity index (χ1v) is 7.24. The predicted octanol–water partition coefficient (Wildman–Crippen LogP) is 4.45. The molecule has 2 aromatic carbocycles. The highest BCUT2D eigenvalue weighted by atomic mass is 35.5. The van der Waals surface area contributed by atoms with Crippen molar-refractivity contribution >= 4 is 17.4 Å². The van der Waals surface area contributed by atoms with E-state index in [1.54, 1.807) is 30.3 Å². The van der Waals surface area contributed by atoms with Crippen molar-refractivity contribution < 1.29 is 13.9 Å². The molecule has 0 radical (unpaired) electrons. The van der Waals surface area contributed by atoms with E-state index in [-0.39, 0.29) is 23.3 Å². The molecule has 0 heterocycles. The van der Waals surface area contributed by atoms with Crippen molar-refractivity contribution in [3.8, 4) is 5.75 Å². The van der Waals surface area contributed by atoms with Gasteiger partial charge in [0.15, 0.2) is 5.78 Å². The van der Waals surface area contributed by atoms with E-state index < -0.39 is 5.82 Å². The van der Waals surface area contributed by atoms with Gasteiger partial charge in [0.1, 0.15) is 11.6 Å². The lowest BCUT2D eigenvalue weighted by molar-refractivity contribution is 0.0991. The summed E-state index contributed by atoms with van der Waals surface area (Å²) < 4.78 is 19.5. The zero-order valence-corrected chi connectivity index (χ0v) is 12.1. The number of hydrogen-bond acceptors (Lipinski definition) is 2. The number of Topliss-reactive ketones (excluding diaryl/α,β-unsaturated/α-hetero) is 1. The van der Waals surface area contributed by atoms with Crippen LogP contribution in [0.2, 0.25) is 5.02 Å². The zero-order chi connectivity index (χ0) is 14.8. The third kappa shape index (κ3) is 3.42. The molecule has 1 saturated carbocycles. The van der Waals surface area contributed by atoms with E-state index in [0.717, 1.165) is 12.8 Å². The van der Waals surface area contributed by atoms with E-state index in [9.17, 15) is 9.18 Å². The molecule has 0 aromatic heterocycles. The Bertz CT molecular complexity index is 680. The number of ketones is 1. The monoisotopic (exact) mass is 304 g/mol. The van der Waals surface area contributed by atoms with Gasteiger partial charge in [0.25, 0.3) is 0 Å². The molecule has 1 aliphatic rings. The van der Waals surface area contributed by atoms with E-state index >= 15 is 0 Å². The van der Waals surface area contributed by atoms with Gasteiger partial charge >= 0.3 is 0 Å². The molecular formula is C17H14ClFO2. The number of rotatable bonds is 5. The Hall–Kier alpha value is -1.87. The number of hydrogen-bond donors (Lipinski definition) is 0. The fourth-order valence-corrected chi connectivity index (χ4v) is 2.28. The third-order valence-electron chi connectivity index (χ3n) is 3.37. The number of benzene rings is 2. The molecule has 0 amide bonds. The van der Waals surface area contributed by atoms with Crippen LogP contribution < -0.4 is 4.74 Å². The Morgan fingerprint density at radius 1 is 1.24 bits per heavy atom. The summed E-state index contributed by atoms with van der Waals surface area (Å²) in [4.78, 5) is 12.3. The summed E-state index contributed by atoms with van der Waals surface area (Å²) >= 11 is 5.73. The van der Waals surface area contributed by atoms with Crippen LogP contribution in [0.15, 0.2) is 42.5 Å². The summed E-state index contributed by atoms with van der Waals surface area (Å²) in [5, 5.41) is 0.0334. The molecule has 0 saturated heterocycles. The quantitative estimate of drug-likeness (QED) is 0.763. The average Bonchev–Trinajstić information content (AvgIpc) is 3.28. The van der Waals surface area contributed by atoms with Crippen LogP contribution in [0.4, 0.5) is 4.39 Å². The van der Waals surface area contributed by atoms with E-state index in [2.05, 4.69) is 0 Å². The molecule has 0 atom stereocenters. The first-order chi connectivity index (χ1) is 10.1. The first-order valence-electron chi connectivity index (χ1n) is 6.86. The number of halogens is 2. The van der Waals surface area contributed by atoms with Crippen molar-refractivity contribution in [3.05, 3.63) is 64.4 Å². The van der Waals surface area contributed by atoms with Gasteiger partial charge in [-0.15, -0.1) is 0 Å². The minimum absolute atomic E-state index is 0.0146. The Morgan fingerprint density at radius 2 is 2.00 bits per heavy atom. The lowest BCUT2D eigenvalue weighted by atomic mass is 10.0. The van der Waals surface area contributed by atoms with E-state index in [0.29, 0.717) is 16.9 Å². The maximum Gasteiger partial charge on any atom is 0.167 e. The van der Waals surface area contributed by atoms with Crippen LogP contribution in [0.25, 0.3) is 0 Å². The third-order valence-corrected chi connectivity index (χ3v) is 3.66. The van der Waals surface area contributed by atoms with Crippen LogP contribution in [-0.2, 0) is 6.42 Å². The highest BCUT2D eigenvalue weighted by Gasteiger charge is 2.23. The largest absolute Gasteiger partial charge is 0.490 e. The fourth-order valence-electron chi connectivity index (χ4n) is 2.08. The summed E-state index contributed by atoms with van der Waals surface area (Å²) in [6.07, 6.45) is 2.39. The van der Waals surface area contributed by atoms with Crippen molar-refractivity contribution in [2.45, 2.75) is 25.4 Å². The standard InChI is InChI=1S/C17H14ClFO2/c18-15-6-2-4-12(17(15)19)10-16(20)11-3-1-5-14(9-11)21-13-7-8-13/h1-6,9,13H,7-8,10H2. The van der Waals surface area contributed by atoms with Crippen molar-refractivity contribution in [2.24, 2.45) is 0 Å². The predicted molar refractivity (Wildman–Crippen MR) is 79.5 cm³/mol. The maximum atomic E-state index is 13.8. The van der Waals surface area contributed by atoms with E-state index in [1.165, 1.54) is 6.07 Å². The Kier molecular flexibility index (Phi) is 3.93. The Labute approximate surface area is 127 Å². The summed E-state index contributed by atoms with van der Waals surface area (Å²) in [6.45, 7) is 0. The molecule has 2 nitrogen and oxygen atoms in total. The topological polar surface area (TPSA) is 26.3 Å². The molecule has 1 aliphatic carbocycles. The lowest BCUT2D eigenvalue weighted by Gasteiger charge is -2.07. The van der Waals surface area contributed by atoms with Crippen molar-refractivity contribution in [1.29, 1.82) is 0 Å². The molecule has 0 N–H and O–H groups in total. The van der Waals surface area contributed by atoms with Crippen molar-refractivity contribution in [1.82, 2.24) is 0 Å². The summed E-state index contributed by atoms with van der Waals surface area (Å²) in [5.74, 6) is 0.00484. The van der Waals surface area contributed by atoms with Gasteiger partial charge in [-0.25, -0.2) is 4.39 Å². The van der Waals surface area contributed by atoms with Crippen LogP contribution >= 0.6 is 11.6 Å². The van der Waals surface area contributed by atoms with Crippen LogP contribution in [-0.4, -0.2) is 11.9 Å². The molecule has 0 aliphatic heterocycles. The fraction of sp³-hybridized carbons (Fsp3) is 0.235. The van der Waals surface area contributed by atoms with Gasteiger partial charge in [-0.2, -0.15) is 0 Å². The minimum atomic E-state index is -0.530. The second-order valence-electron chi connectivity index (χ2n) is 5.16. The Morgan fingerprint density at radius 3 is 2.76 bits per heavy atom. The highest BCUT2D eigenvalue weighted by Crippen LogP contribution is 2.27. The number of carbonyl (C=O) groups is 1. The lowest BCUT2D eigenvalue weighted by Crippen LogP contribution is -2.06. The molecule has 108 valence electrons. The second-order valence-corrected chi connectivity index (χ2v) is 5.57. The van der Waals surface area contributed by atoms with Gasteiger partial charge in [0, 0.05) is 12.0 Å². The maximum absolute atomic E-state index is 13.8. The number of ether oxygens (including phenoxy) is 1. The molecule has 21 heavy (non-hydrogen) atoms.